The van der Waals surface area contributed by atoms with Gasteiger partial charge in [-0.15, -0.1) is 0 Å². The lowest BCUT2D eigenvalue weighted by Gasteiger charge is -2.47. The van der Waals surface area contributed by atoms with Gasteiger partial charge >= 0.3 is 6.68 Å². The maximum absolute atomic E-state index is 13.3. The maximum atomic E-state index is 13.3. The molecule has 1 saturated carbocycles. The molecule has 1 saturated heterocycles. The SMILES string of the molecule is CC(C)c1cc(-c2ccc(F)c(Cl)c2)nn2cc(C=O)nc12.CN1CCN(C(=O)C2CC(O)C2)CC1(C)C.FC(F)F. The van der Waals surface area contributed by atoms with Crippen molar-refractivity contribution in [2.45, 2.75) is 64.8 Å². The summed E-state index contributed by atoms with van der Waals surface area (Å²) in [6.07, 6.45) is 3.34. The molecule has 0 unspecified atom stereocenters. The van der Waals surface area contributed by atoms with Gasteiger partial charge in [-0.05, 0) is 63.9 Å². The fraction of sp³-hybridized carbons (Fsp3) is 0.517. The number of aliphatic hydroxyl groups is 1. The number of aliphatic hydroxyl groups excluding tert-OH is 1. The first-order valence-electron chi connectivity index (χ1n) is 13.5. The molecule has 0 spiro atoms. The van der Waals surface area contributed by atoms with Crippen molar-refractivity contribution in [2.24, 2.45) is 5.92 Å². The van der Waals surface area contributed by atoms with E-state index >= 15 is 0 Å². The molecule has 3 heterocycles. The van der Waals surface area contributed by atoms with Gasteiger partial charge in [0, 0.05) is 42.2 Å². The lowest BCUT2D eigenvalue weighted by atomic mass is 9.81. The number of aldehydes is 1. The quantitative estimate of drug-likeness (QED) is 0.304. The van der Waals surface area contributed by atoms with E-state index in [0.29, 0.717) is 41.7 Å². The molecule has 42 heavy (non-hydrogen) atoms. The van der Waals surface area contributed by atoms with Crippen LogP contribution in [-0.4, -0.2) is 86.7 Å². The van der Waals surface area contributed by atoms with Crippen LogP contribution >= 0.6 is 11.6 Å². The number of hydrogen-bond acceptors (Lipinski definition) is 6. The minimum Gasteiger partial charge on any atom is -0.393 e. The summed E-state index contributed by atoms with van der Waals surface area (Å²) in [5.41, 5.74) is 3.34. The van der Waals surface area contributed by atoms with Crippen LogP contribution in [0.5, 0.6) is 0 Å². The van der Waals surface area contributed by atoms with Crippen LogP contribution < -0.4 is 0 Å². The van der Waals surface area contributed by atoms with Crippen LogP contribution in [0.1, 0.15) is 62.5 Å². The van der Waals surface area contributed by atoms with Crippen LogP contribution in [0.4, 0.5) is 17.6 Å². The number of imidazole rings is 1. The van der Waals surface area contributed by atoms with Crippen molar-refractivity contribution in [2.75, 3.05) is 26.7 Å². The Bertz CT molecular complexity index is 1390. The zero-order chi connectivity index (χ0) is 31.4. The number of nitrogens with zero attached hydrogens (tertiary/aromatic N) is 5. The van der Waals surface area contributed by atoms with Crippen molar-refractivity contribution in [3.05, 3.63) is 52.6 Å². The van der Waals surface area contributed by atoms with E-state index in [9.17, 15) is 32.3 Å². The largest absolute Gasteiger partial charge is 0.393 e. The van der Waals surface area contributed by atoms with E-state index in [2.05, 4.69) is 35.9 Å². The third-order valence-corrected chi connectivity index (χ3v) is 7.81. The number of rotatable bonds is 4. The Morgan fingerprint density at radius 2 is 1.81 bits per heavy atom. The molecule has 0 bridgehead atoms. The number of amides is 1. The van der Waals surface area contributed by atoms with Crippen LogP contribution in [0.25, 0.3) is 16.9 Å². The number of carbonyl (C=O) groups excluding carboxylic acids is 2. The van der Waals surface area contributed by atoms with Crippen molar-refractivity contribution in [1.29, 1.82) is 0 Å². The lowest BCUT2D eigenvalue weighted by Crippen LogP contribution is -2.60. The topological polar surface area (TPSA) is 91.0 Å². The standard InChI is InChI=1S/C16H13ClFN3O.C12H22N2O2.CHF3/c1-9(2)12-6-15(10-3-4-14(18)13(17)5-10)20-21-7-11(8-22)19-16(12)21;1-12(2)8-14(5-4-13(12)3)11(16)9-6-10(15)7-9;2-1(3)4/h3-9H,1-2H3;9-10,15H,4-8H2,1-3H3;1H. The number of piperazine rings is 1. The molecular formula is C29H36ClF4N5O3. The Kier molecular flexibility index (Phi) is 11.1. The zero-order valence-electron chi connectivity index (χ0n) is 24.2. The normalized spacial score (nSPS) is 20.0. The smallest absolute Gasteiger partial charge is 0.379 e. The number of halogens is 5. The average molecular weight is 614 g/mol. The molecule has 230 valence electrons. The molecule has 1 N–H and O–H groups in total. The highest BCUT2D eigenvalue weighted by Gasteiger charge is 2.39. The van der Waals surface area contributed by atoms with Crippen molar-refractivity contribution in [3.63, 3.8) is 0 Å². The fourth-order valence-electron chi connectivity index (χ4n) is 4.77. The molecule has 5 rings (SSSR count). The Morgan fingerprint density at radius 1 is 1.17 bits per heavy atom. The van der Waals surface area contributed by atoms with E-state index in [1.165, 1.54) is 12.1 Å². The van der Waals surface area contributed by atoms with Gasteiger partial charge in [-0.1, -0.05) is 25.4 Å². The first kappa shape index (κ1) is 33.4. The highest BCUT2D eigenvalue weighted by atomic mass is 35.5. The molecule has 1 aliphatic carbocycles. The maximum Gasteiger partial charge on any atom is 0.379 e. The molecule has 13 heteroatoms. The minimum atomic E-state index is -3.67. The van der Waals surface area contributed by atoms with Gasteiger partial charge in [0.25, 0.3) is 0 Å². The summed E-state index contributed by atoms with van der Waals surface area (Å²) in [5, 5.41) is 13.7. The number of benzene rings is 1. The van der Waals surface area contributed by atoms with Gasteiger partial charge < -0.3 is 10.0 Å². The van der Waals surface area contributed by atoms with Crippen LogP contribution in [-0.2, 0) is 4.79 Å². The second kappa shape index (κ2) is 13.9. The van der Waals surface area contributed by atoms with Gasteiger partial charge in [-0.2, -0.15) is 18.3 Å². The molecular weight excluding hydrogens is 578 g/mol. The summed E-state index contributed by atoms with van der Waals surface area (Å²) < 4.78 is 43.9. The van der Waals surface area contributed by atoms with Crippen molar-refractivity contribution < 1.29 is 32.3 Å². The van der Waals surface area contributed by atoms with E-state index in [1.807, 2.05) is 24.8 Å². The number of likely N-dealkylation sites (N-methyl/N-ethyl adjacent to an activating group) is 1. The number of hydrogen-bond donors (Lipinski definition) is 1. The fourth-order valence-corrected chi connectivity index (χ4v) is 4.95. The van der Waals surface area contributed by atoms with Crippen LogP contribution in [0.3, 0.4) is 0 Å². The third-order valence-electron chi connectivity index (χ3n) is 7.52. The average Bonchev–Trinajstić information content (AvgIpc) is 3.32. The van der Waals surface area contributed by atoms with Crippen LogP contribution in [0.15, 0.2) is 30.5 Å². The summed E-state index contributed by atoms with van der Waals surface area (Å²) >= 11 is 5.84. The molecule has 8 nitrogen and oxygen atoms in total. The Balaban J connectivity index is 0.000000213. The van der Waals surface area contributed by atoms with E-state index in [0.717, 1.165) is 25.2 Å². The molecule has 2 aromatic heterocycles. The number of aromatic nitrogens is 3. The molecule has 1 amide bonds. The van der Waals surface area contributed by atoms with E-state index < -0.39 is 12.5 Å². The van der Waals surface area contributed by atoms with E-state index in [4.69, 9.17) is 11.6 Å². The molecule has 2 aliphatic rings. The van der Waals surface area contributed by atoms with Crippen molar-refractivity contribution >= 4 is 29.4 Å². The molecule has 0 radical (unpaired) electrons. The summed E-state index contributed by atoms with van der Waals surface area (Å²) in [4.78, 5) is 31.6. The first-order valence-corrected chi connectivity index (χ1v) is 13.9. The van der Waals surface area contributed by atoms with Gasteiger partial charge in [0.1, 0.15) is 11.5 Å². The van der Waals surface area contributed by atoms with Gasteiger partial charge in [-0.3, -0.25) is 14.5 Å². The van der Waals surface area contributed by atoms with Crippen LogP contribution in [0, 0.1) is 11.7 Å². The van der Waals surface area contributed by atoms with Crippen LogP contribution in [0.2, 0.25) is 5.02 Å². The molecule has 3 aromatic rings. The summed E-state index contributed by atoms with van der Waals surface area (Å²) in [7, 11) is 2.11. The summed E-state index contributed by atoms with van der Waals surface area (Å²) in [5.74, 6) is 0.0456. The Hall–Kier alpha value is -3.09. The number of alkyl halides is 3. The van der Waals surface area contributed by atoms with Gasteiger partial charge in [0.15, 0.2) is 11.9 Å². The van der Waals surface area contributed by atoms with Crippen molar-refractivity contribution in [1.82, 2.24) is 24.4 Å². The van der Waals surface area contributed by atoms with E-state index in [1.54, 1.807) is 16.8 Å². The second-order valence-electron chi connectivity index (χ2n) is 11.4. The van der Waals surface area contributed by atoms with Gasteiger partial charge in [0.2, 0.25) is 5.91 Å². The van der Waals surface area contributed by atoms with Gasteiger partial charge in [0.05, 0.1) is 23.0 Å². The molecule has 0 atom stereocenters. The predicted molar refractivity (Wildman–Crippen MR) is 152 cm³/mol. The molecule has 2 fully saturated rings. The minimum absolute atomic E-state index is 0.0460. The Labute approximate surface area is 247 Å². The number of fused-ring (bicyclic) bond motifs is 1. The summed E-state index contributed by atoms with van der Waals surface area (Å²) in [6, 6.07) is 6.36. The number of carbonyl (C=O) groups is 2. The lowest BCUT2D eigenvalue weighted by molar-refractivity contribution is -0.146. The monoisotopic (exact) mass is 613 g/mol. The zero-order valence-corrected chi connectivity index (χ0v) is 25.0. The third kappa shape index (κ3) is 8.26. The predicted octanol–water partition coefficient (Wildman–Crippen LogP) is 5.61. The highest BCUT2D eigenvalue weighted by molar-refractivity contribution is 6.31. The molecule has 1 aromatic carbocycles. The summed E-state index contributed by atoms with van der Waals surface area (Å²) in [6.45, 7) is 7.30. The molecule has 1 aliphatic heterocycles. The highest BCUT2D eigenvalue weighted by Crippen LogP contribution is 2.31. The van der Waals surface area contributed by atoms with Crippen molar-refractivity contribution in [3.8, 4) is 11.3 Å². The Morgan fingerprint density at radius 3 is 2.33 bits per heavy atom. The van der Waals surface area contributed by atoms with E-state index in [-0.39, 0.29) is 34.4 Å². The second-order valence-corrected chi connectivity index (χ2v) is 11.8. The first-order chi connectivity index (χ1) is 19.6. The van der Waals surface area contributed by atoms with Gasteiger partial charge in [-0.25, -0.2) is 13.9 Å².